The van der Waals surface area contributed by atoms with Gasteiger partial charge in [-0.1, -0.05) is 0 Å². The summed E-state index contributed by atoms with van der Waals surface area (Å²) in [4.78, 5) is 0. The Morgan fingerprint density at radius 1 is 1.71 bits per heavy atom. The van der Waals surface area contributed by atoms with E-state index in [0.717, 1.165) is 6.42 Å². The summed E-state index contributed by atoms with van der Waals surface area (Å²) >= 11 is 2.02. The van der Waals surface area contributed by atoms with Crippen LogP contribution in [0.1, 0.15) is 20.3 Å². The van der Waals surface area contributed by atoms with Gasteiger partial charge in [-0.05, 0) is 0 Å². The molecule has 1 unspecified atom stereocenters. The third-order valence-electron chi connectivity index (χ3n) is 0.734. The van der Waals surface area contributed by atoms with Crippen LogP contribution in [0.3, 0.4) is 0 Å². The van der Waals surface area contributed by atoms with E-state index in [4.69, 9.17) is 5.73 Å². The van der Waals surface area contributed by atoms with Crippen LogP contribution < -0.4 is 11.9 Å². The van der Waals surface area contributed by atoms with Gasteiger partial charge in [0.15, 0.2) is 0 Å². The summed E-state index contributed by atoms with van der Waals surface area (Å²) in [5.74, 6) is 0. The molecular formula is C4H13N2Ti. The Hall–Kier alpha value is 0.634. The molecule has 43 valence electrons. The van der Waals surface area contributed by atoms with Crippen molar-refractivity contribution in [2.24, 2.45) is 5.73 Å². The van der Waals surface area contributed by atoms with Crippen LogP contribution in [0, 0.1) is 0 Å². The van der Waals surface area contributed by atoms with Crippen LogP contribution in [0.25, 0.3) is 0 Å². The molecule has 0 heterocycles. The Morgan fingerprint density at radius 2 is 1.86 bits per heavy atom. The van der Waals surface area contributed by atoms with Crippen molar-refractivity contribution in [1.29, 1.82) is 0 Å². The smallest absolute Gasteiger partial charge is 0.344 e. The molecule has 0 aromatic heterocycles. The molecule has 7 heavy (non-hydrogen) atoms. The summed E-state index contributed by atoms with van der Waals surface area (Å²) in [6, 6.07) is 0. The predicted molar refractivity (Wildman–Crippen MR) is 27.9 cm³/mol. The minimum absolute atomic E-state index is 0. The molecule has 1 atom stereocenters. The summed E-state index contributed by atoms with van der Waals surface area (Å²) in [5, 5.41) is 0. The van der Waals surface area contributed by atoms with E-state index in [2.05, 4.69) is 6.92 Å². The molecule has 5 N–H and O–H groups in total. The topological polar surface area (TPSA) is 61.0 Å². The molecule has 2 nitrogen and oxygen atoms in total. The maximum atomic E-state index is 5.53. The second-order valence-corrected chi connectivity index (χ2v) is 3.55. The molecule has 0 aliphatic carbocycles. The average molecular weight is 137 g/mol. The zero-order valence-electron chi connectivity index (χ0n) is 4.99. The van der Waals surface area contributed by atoms with E-state index in [9.17, 15) is 0 Å². The first-order valence-corrected chi connectivity index (χ1v) is 2.88. The summed E-state index contributed by atoms with van der Waals surface area (Å²) in [6.07, 6.45) is 1.05. The minimum Gasteiger partial charge on any atom is -0.344 e. The molecule has 0 radical (unpaired) electrons. The average Bonchev–Trinajstić information content (AvgIpc) is 1.35. The summed E-state index contributed by atoms with van der Waals surface area (Å²) in [6.45, 7) is 4.10. The Labute approximate surface area is 56.8 Å². The van der Waals surface area contributed by atoms with Gasteiger partial charge in [0.05, 0.1) is 0 Å². The van der Waals surface area contributed by atoms with Crippen molar-refractivity contribution in [1.82, 2.24) is 6.15 Å². The number of rotatable bonds is 1. The molecule has 0 aromatic carbocycles. The van der Waals surface area contributed by atoms with Crippen LogP contribution in [0.5, 0.6) is 0 Å². The van der Waals surface area contributed by atoms with Crippen molar-refractivity contribution in [3.8, 4) is 0 Å². The van der Waals surface area contributed by atoms with Crippen LogP contribution in [-0.4, -0.2) is 3.84 Å². The van der Waals surface area contributed by atoms with Gasteiger partial charge in [-0.3, -0.25) is 0 Å². The SMILES string of the molecule is CC[C](C)(N)[Ti].N. The van der Waals surface area contributed by atoms with Gasteiger partial charge < -0.3 is 6.15 Å². The third-order valence-corrected chi connectivity index (χ3v) is 1.29. The Kier molecular flexibility index (Phi) is 5.46. The molecule has 0 bridgehead atoms. The quantitative estimate of drug-likeness (QED) is 0.524. The van der Waals surface area contributed by atoms with Crippen LogP contribution in [0.2, 0.25) is 0 Å². The molecule has 3 heteroatoms. The van der Waals surface area contributed by atoms with Gasteiger partial charge in [-0.15, -0.1) is 0 Å². The van der Waals surface area contributed by atoms with Gasteiger partial charge in [0.2, 0.25) is 0 Å². The second-order valence-electron chi connectivity index (χ2n) is 1.77. The van der Waals surface area contributed by atoms with Gasteiger partial charge in [0.1, 0.15) is 0 Å². The van der Waals surface area contributed by atoms with Crippen LogP contribution in [0.15, 0.2) is 0 Å². The van der Waals surface area contributed by atoms with E-state index in [1.54, 1.807) is 0 Å². The molecule has 0 saturated carbocycles. The molecule has 0 spiro atoms. The predicted octanol–water partition coefficient (Wildman–Crippen LogP) is 0.780. The van der Waals surface area contributed by atoms with Gasteiger partial charge in [0, 0.05) is 0 Å². The summed E-state index contributed by atoms with van der Waals surface area (Å²) in [5.41, 5.74) is 5.53. The molecule has 0 rings (SSSR count). The second kappa shape index (κ2) is 3.61. The first kappa shape index (κ1) is 10.6. The monoisotopic (exact) mass is 137 g/mol. The molecule has 0 aromatic rings. The van der Waals surface area contributed by atoms with E-state index in [1.165, 1.54) is 0 Å². The van der Waals surface area contributed by atoms with Gasteiger partial charge in [0.25, 0.3) is 0 Å². The number of hydrogen-bond acceptors (Lipinski definition) is 2. The fourth-order valence-corrected chi connectivity index (χ4v) is 0. The largest absolute Gasteiger partial charge is 0.344 e. The minimum atomic E-state index is 0. The fourth-order valence-electron chi connectivity index (χ4n) is 0. The fraction of sp³-hybridized carbons (Fsp3) is 1.00. The van der Waals surface area contributed by atoms with Crippen LogP contribution >= 0.6 is 0 Å². The summed E-state index contributed by atoms with van der Waals surface area (Å²) in [7, 11) is 0. The van der Waals surface area contributed by atoms with Crippen LogP contribution in [-0.2, 0) is 20.4 Å². The molecule has 0 fully saturated rings. The molecule has 0 aliphatic heterocycles. The van der Waals surface area contributed by atoms with Crippen molar-refractivity contribution in [2.45, 2.75) is 24.1 Å². The Balaban J connectivity index is 0. The van der Waals surface area contributed by atoms with Crippen LogP contribution in [0.4, 0.5) is 0 Å². The standard InChI is InChI=1S/C4H10N.H3N.Ti/c1-3-4(2)5;;/h3,5H2,1-2H3;1H3;. The van der Waals surface area contributed by atoms with E-state index < -0.39 is 0 Å². The first-order chi connectivity index (χ1) is 2.56. The first-order valence-electron chi connectivity index (χ1n) is 2.10. The molecule has 0 aliphatic rings. The maximum absolute atomic E-state index is 5.53. The van der Waals surface area contributed by atoms with Crippen molar-refractivity contribution in [3.63, 3.8) is 0 Å². The molecule has 0 saturated heterocycles. The van der Waals surface area contributed by atoms with Gasteiger partial charge in [-0.25, -0.2) is 0 Å². The molecule has 0 amide bonds. The zero-order chi connectivity index (χ0) is 5.21. The van der Waals surface area contributed by atoms with E-state index in [-0.39, 0.29) is 9.99 Å². The van der Waals surface area contributed by atoms with Crippen molar-refractivity contribution >= 4 is 0 Å². The molecular weight excluding hydrogens is 124 g/mol. The Bertz CT molecular complexity index is 39.4. The summed E-state index contributed by atoms with van der Waals surface area (Å²) < 4.78 is 0.0417. The van der Waals surface area contributed by atoms with Crippen molar-refractivity contribution < 1.29 is 20.4 Å². The van der Waals surface area contributed by atoms with Gasteiger partial charge in [-0.2, -0.15) is 0 Å². The zero-order valence-corrected chi connectivity index (χ0v) is 6.55. The van der Waals surface area contributed by atoms with Crippen molar-refractivity contribution in [2.75, 3.05) is 0 Å². The van der Waals surface area contributed by atoms with E-state index in [0.29, 0.717) is 0 Å². The maximum Gasteiger partial charge on any atom is -0.344 e. The third kappa shape index (κ3) is 10.8. The van der Waals surface area contributed by atoms with E-state index >= 15 is 0 Å². The van der Waals surface area contributed by atoms with E-state index in [1.807, 2.05) is 27.4 Å². The number of hydrogen-bond donors (Lipinski definition) is 2. The Morgan fingerprint density at radius 3 is 1.86 bits per heavy atom. The normalized spacial score (nSPS) is 16.9. The van der Waals surface area contributed by atoms with Gasteiger partial charge >= 0.3 is 50.3 Å². The van der Waals surface area contributed by atoms with Crippen molar-refractivity contribution in [3.05, 3.63) is 0 Å². The number of nitrogens with two attached hydrogens (primary N) is 1.